The molecule has 78 valence electrons. The van der Waals surface area contributed by atoms with Gasteiger partial charge in [0.15, 0.2) is 0 Å². The molecular weight excluding hydrogens is 178 g/mol. The largest absolute Gasteiger partial charge is 0.478 e. The van der Waals surface area contributed by atoms with Crippen LogP contribution in [0.5, 0.6) is 0 Å². The first-order valence-corrected chi connectivity index (χ1v) is 5.41. The molecule has 1 atom stereocenters. The Balaban J connectivity index is 1.84. The third-order valence-corrected chi connectivity index (χ3v) is 3.58. The van der Waals surface area contributed by atoms with Crippen molar-refractivity contribution >= 4 is 5.97 Å². The van der Waals surface area contributed by atoms with E-state index < -0.39 is 5.97 Å². The number of rotatable bonds is 3. The van der Waals surface area contributed by atoms with Crippen molar-refractivity contribution in [2.45, 2.75) is 38.1 Å². The number of carboxylic acids is 1. The summed E-state index contributed by atoms with van der Waals surface area (Å²) < 4.78 is 0. The Morgan fingerprint density at radius 3 is 2.50 bits per heavy atom. The zero-order chi connectivity index (χ0) is 9.97. The van der Waals surface area contributed by atoms with E-state index >= 15 is 0 Å². The number of fused-ring (bicyclic) bond motifs is 3. The first kappa shape index (κ1) is 9.56. The van der Waals surface area contributed by atoms with Gasteiger partial charge in [0.25, 0.3) is 0 Å². The molecule has 0 saturated heterocycles. The highest BCUT2D eigenvalue weighted by molar-refractivity contribution is 5.79. The minimum absolute atomic E-state index is 0.526. The van der Waals surface area contributed by atoms with Gasteiger partial charge in [0.1, 0.15) is 0 Å². The smallest absolute Gasteiger partial charge is 0.329 e. The second kappa shape index (κ2) is 4.03. The number of aliphatic carboxylic acids is 1. The number of carbonyl (C=O) groups is 1. The van der Waals surface area contributed by atoms with Crippen LogP contribution in [0.3, 0.4) is 0 Å². The molecule has 3 rings (SSSR count). The molecule has 2 bridgehead atoms. The van der Waals surface area contributed by atoms with Crippen LogP contribution in [0.2, 0.25) is 0 Å². The molecule has 3 aliphatic rings. The van der Waals surface area contributed by atoms with Crippen LogP contribution >= 0.6 is 0 Å². The lowest BCUT2D eigenvalue weighted by atomic mass is 9.68. The highest BCUT2D eigenvalue weighted by atomic mass is 16.4. The molecule has 3 heteroatoms. The van der Waals surface area contributed by atoms with E-state index in [1.54, 1.807) is 6.20 Å². The molecule has 0 radical (unpaired) electrons. The van der Waals surface area contributed by atoms with Gasteiger partial charge in [-0.1, -0.05) is 12.8 Å². The van der Waals surface area contributed by atoms with Crippen LogP contribution in [-0.2, 0) is 4.79 Å². The van der Waals surface area contributed by atoms with Crippen LogP contribution < -0.4 is 5.32 Å². The fourth-order valence-electron chi connectivity index (χ4n) is 2.82. The van der Waals surface area contributed by atoms with Gasteiger partial charge in [-0.15, -0.1) is 0 Å². The predicted octanol–water partition coefficient (Wildman–Crippen LogP) is 1.75. The Labute approximate surface area is 84.2 Å². The van der Waals surface area contributed by atoms with E-state index in [2.05, 4.69) is 5.32 Å². The summed E-state index contributed by atoms with van der Waals surface area (Å²) in [5.41, 5.74) is 0. The molecule has 3 saturated carbocycles. The summed E-state index contributed by atoms with van der Waals surface area (Å²) in [4.78, 5) is 10.3. The van der Waals surface area contributed by atoms with E-state index in [-0.39, 0.29) is 0 Å². The van der Waals surface area contributed by atoms with Gasteiger partial charge in [-0.2, -0.15) is 0 Å². The second-order valence-corrected chi connectivity index (χ2v) is 4.46. The number of nitrogens with one attached hydrogen (secondary N) is 1. The van der Waals surface area contributed by atoms with Gasteiger partial charge < -0.3 is 10.4 Å². The fraction of sp³-hybridized carbons (Fsp3) is 0.727. The summed E-state index contributed by atoms with van der Waals surface area (Å²) >= 11 is 0. The summed E-state index contributed by atoms with van der Waals surface area (Å²) in [6.07, 6.45) is 9.41. The monoisotopic (exact) mass is 195 g/mol. The van der Waals surface area contributed by atoms with Crippen LogP contribution in [0.15, 0.2) is 12.3 Å². The molecule has 0 aromatic heterocycles. The van der Waals surface area contributed by atoms with Crippen LogP contribution in [0, 0.1) is 11.8 Å². The van der Waals surface area contributed by atoms with Gasteiger partial charge in [0.2, 0.25) is 0 Å². The van der Waals surface area contributed by atoms with Crippen molar-refractivity contribution in [3.05, 3.63) is 12.3 Å². The number of carboxylic acid groups (broad SMARTS) is 1. The summed E-state index contributed by atoms with van der Waals surface area (Å²) in [7, 11) is 0. The van der Waals surface area contributed by atoms with Gasteiger partial charge in [-0.05, 0) is 31.1 Å². The Hall–Kier alpha value is -0.990. The van der Waals surface area contributed by atoms with Gasteiger partial charge in [0.05, 0.1) is 0 Å². The average Bonchev–Trinajstić information content (AvgIpc) is 2.19. The maximum atomic E-state index is 10.3. The van der Waals surface area contributed by atoms with Crippen molar-refractivity contribution in [1.29, 1.82) is 0 Å². The molecule has 0 aromatic rings. The van der Waals surface area contributed by atoms with E-state index in [0.29, 0.717) is 6.04 Å². The standard InChI is InChI=1S/C11H17NO2/c13-11(14)5-6-12-10-7-8-1-3-9(10)4-2-8/h5-6,8-10,12H,1-4,7H2,(H,13,14)/b6-5+. The predicted molar refractivity (Wildman–Crippen MR) is 53.8 cm³/mol. The van der Waals surface area contributed by atoms with E-state index in [1.807, 2.05) is 0 Å². The van der Waals surface area contributed by atoms with E-state index in [4.69, 9.17) is 5.11 Å². The quantitative estimate of drug-likeness (QED) is 0.674. The summed E-state index contributed by atoms with van der Waals surface area (Å²) in [5, 5.41) is 11.7. The molecule has 3 nitrogen and oxygen atoms in total. The molecular formula is C11H17NO2. The fourth-order valence-corrected chi connectivity index (χ4v) is 2.82. The van der Waals surface area contributed by atoms with Crippen LogP contribution in [0.1, 0.15) is 32.1 Å². The minimum Gasteiger partial charge on any atom is -0.478 e. The molecule has 14 heavy (non-hydrogen) atoms. The average molecular weight is 195 g/mol. The summed E-state index contributed by atoms with van der Waals surface area (Å²) in [6.45, 7) is 0. The first-order valence-electron chi connectivity index (χ1n) is 5.41. The molecule has 0 amide bonds. The van der Waals surface area contributed by atoms with Crippen molar-refractivity contribution in [1.82, 2.24) is 5.32 Å². The molecule has 0 spiro atoms. The molecule has 0 aromatic carbocycles. The number of hydrogen-bond donors (Lipinski definition) is 2. The van der Waals surface area contributed by atoms with Crippen LogP contribution in [-0.4, -0.2) is 17.1 Å². The lowest BCUT2D eigenvalue weighted by molar-refractivity contribution is -0.131. The lowest BCUT2D eigenvalue weighted by Crippen LogP contribution is -2.42. The maximum Gasteiger partial charge on any atom is 0.329 e. The minimum atomic E-state index is -0.876. The molecule has 1 unspecified atom stereocenters. The van der Waals surface area contributed by atoms with E-state index in [9.17, 15) is 4.79 Å². The highest BCUT2D eigenvalue weighted by Gasteiger charge is 2.34. The Morgan fingerprint density at radius 1 is 1.29 bits per heavy atom. The van der Waals surface area contributed by atoms with E-state index in [0.717, 1.165) is 11.8 Å². The van der Waals surface area contributed by atoms with Gasteiger partial charge >= 0.3 is 5.97 Å². The maximum absolute atomic E-state index is 10.3. The van der Waals surface area contributed by atoms with Crippen molar-refractivity contribution < 1.29 is 9.90 Å². The Morgan fingerprint density at radius 2 is 2.00 bits per heavy atom. The first-order chi connectivity index (χ1) is 6.75. The Bertz CT molecular complexity index is 242. The van der Waals surface area contributed by atoms with Crippen molar-refractivity contribution in [2.75, 3.05) is 0 Å². The molecule has 3 aliphatic carbocycles. The Kier molecular flexibility index (Phi) is 2.75. The third kappa shape index (κ3) is 2.08. The summed E-state index contributed by atoms with van der Waals surface area (Å²) in [6, 6.07) is 0.526. The normalized spacial score (nSPS) is 36.1. The third-order valence-electron chi connectivity index (χ3n) is 3.58. The molecule has 3 fully saturated rings. The van der Waals surface area contributed by atoms with E-state index in [1.165, 1.54) is 38.2 Å². The van der Waals surface area contributed by atoms with Crippen LogP contribution in [0.25, 0.3) is 0 Å². The summed E-state index contributed by atoms with van der Waals surface area (Å²) in [5.74, 6) is 0.785. The lowest BCUT2D eigenvalue weighted by Gasteiger charge is -2.42. The SMILES string of the molecule is O=C(O)/C=C/NC1CC2CCC1CC2. The number of hydrogen-bond acceptors (Lipinski definition) is 2. The topological polar surface area (TPSA) is 49.3 Å². The zero-order valence-electron chi connectivity index (χ0n) is 8.28. The highest BCUT2D eigenvalue weighted by Crippen LogP contribution is 2.41. The molecule has 0 heterocycles. The van der Waals surface area contributed by atoms with Gasteiger partial charge in [-0.25, -0.2) is 4.79 Å². The molecule has 2 N–H and O–H groups in total. The van der Waals surface area contributed by atoms with Gasteiger partial charge in [-0.3, -0.25) is 0 Å². The zero-order valence-corrected chi connectivity index (χ0v) is 8.28. The van der Waals surface area contributed by atoms with Gasteiger partial charge in [0, 0.05) is 18.3 Å². The van der Waals surface area contributed by atoms with Crippen molar-refractivity contribution in [2.24, 2.45) is 11.8 Å². The van der Waals surface area contributed by atoms with Crippen molar-refractivity contribution in [3.63, 3.8) is 0 Å². The van der Waals surface area contributed by atoms with Crippen molar-refractivity contribution in [3.8, 4) is 0 Å². The molecule has 0 aliphatic heterocycles. The second-order valence-electron chi connectivity index (χ2n) is 4.46. The van der Waals surface area contributed by atoms with Crippen LogP contribution in [0.4, 0.5) is 0 Å².